The Morgan fingerprint density at radius 3 is 2.82 bits per heavy atom. The van der Waals surface area contributed by atoms with Crippen molar-refractivity contribution in [3.63, 3.8) is 0 Å². The summed E-state index contributed by atoms with van der Waals surface area (Å²) in [6, 6.07) is 3.63. The number of nitrogens with one attached hydrogen (secondary N) is 1. The Labute approximate surface area is 107 Å². The molecule has 0 saturated carbocycles. The van der Waals surface area contributed by atoms with Crippen LogP contribution in [0.4, 0.5) is 0 Å². The van der Waals surface area contributed by atoms with E-state index in [1.807, 2.05) is 19.2 Å². The zero-order valence-corrected chi connectivity index (χ0v) is 11.0. The molecule has 0 amide bonds. The first-order valence-corrected chi connectivity index (χ1v) is 5.85. The van der Waals surface area contributed by atoms with Crippen molar-refractivity contribution in [2.45, 2.75) is 13.0 Å². The summed E-state index contributed by atoms with van der Waals surface area (Å²) in [6.45, 7) is 4.93. The SMILES string of the molecule is C=CCCOc1c(CNC)cc(Cl)cc1OC. The third-order valence-corrected chi connectivity index (χ3v) is 2.47. The lowest BCUT2D eigenvalue weighted by Gasteiger charge is -2.15. The van der Waals surface area contributed by atoms with Crippen LogP contribution in [-0.4, -0.2) is 20.8 Å². The Bertz CT molecular complexity index is 380. The molecule has 0 aliphatic rings. The van der Waals surface area contributed by atoms with Crippen LogP contribution in [0.15, 0.2) is 24.8 Å². The van der Waals surface area contributed by atoms with Gasteiger partial charge in [0.1, 0.15) is 0 Å². The van der Waals surface area contributed by atoms with E-state index in [1.165, 1.54) is 0 Å². The number of rotatable bonds is 7. The highest BCUT2D eigenvalue weighted by Crippen LogP contribution is 2.34. The molecule has 0 bridgehead atoms. The Morgan fingerprint density at radius 2 is 2.24 bits per heavy atom. The van der Waals surface area contributed by atoms with Gasteiger partial charge in [0.25, 0.3) is 0 Å². The van der Waals surface area contributed by atoms with Crippen LogP contribution in [0.5, 0.6) is 11.5 Å². The fourth-order valence-electron chi connectivity index (χ4n) is 1.50. The Hall–Kier alpha value is -1.19. The molecule has 0 aliphatic heterocycles. The van der Waals surface area contributed by atoms with Crippen LogP contribution in [0, 0.1) is 0 Å². The summed E-state index contributed by atoms with van der Waals surface area (Å²) >= 11 is 6.02. The lowest BCUT2D eigenvalue weighted by atomic mass is 10.2. The number of methoxy groups -OCH3 is 1. The van der Waals surface area contributed by atoms with Gasteiger partial charge in [-0.25, -0.2) is 0 Å². The smallest absolute Gasteiger partial charge is 0.165 e. The second-order valence-electron chi connectivity index (χ2n) is 3.55. The summed E-state index contributed by atoms with van der Waals surface area (Å²) in [5, 5.41) is 3.72. The molecular formula is C13H18ClNO2. The van der Waals surface area contributed by atoms with E-state index in [0.29, 0.717) is 23.9 Å². The van der Waals surface area contributed by atoms with Crippen molar-refractivity contribution in [1.29, 1.82) is 0 Å². The molecule has 0 heterocycles. The molecule has 1 aromatic carbocycles. The third-order valence-electron chi connectivity index (χ3n) is 2.25. The van der Waals surface area contributed by atoms with Crippen molar-refractivity contribution in [2.75, 3.05) is 20.8 Å². The molecule has 4 heteroatoms. The van der Waals surface area contributed by atoms with E-state index in [4.69, 9.17) is 21.1 Å². The predicted molar refractivity (Wildman–Crippen MR) is 71.1 cm³/mol. The number of halogens is 1. The molecule has 0 atom stereocenters. The number of benzene rings is 1. The minimum atomic E-state index is 0.582. The molecular weight excluding hydrogens is 238 g/mol. The molecule has 1 aromatic rings. The third kappa shape index (κ3) is 3.95. The van der Waals surface area contributed by atoms with Gasteiger partial charge in [-0.05, 0) is 19.5 Å². The standard InChI is InChI=1S/C13H18ClNO2/c1-4-5-6-17-13-10(9-15-2)7-11(14)8-12(13)16-3/h4,7-8,15H,1,5-6,9H2,2-3H3. The van der Waals surface area contributed by atoms with Gasteiger partial charge in [-0.2, -0.15) is 0 Å². The van der Waals surface area contributed by atoms with Crippen LogP contribution in [0.1, 0.15) is 12.0 Å². The first-order valence-electron chi connectivity index (χ1n) is 5.47. The van der Waals surface area contributed by atoms with Crippen molar-refractivity contribution in [2.24, 2.45) is 0 Å². The van der Waals surface area contributed by atoms with Crippen molar-refractivity contribution in [1.82, 2.24) is 5.32 Å². The zero-order valence-electron chi connectivity index (χ0n) is 10.3. The summed E-state index contributed by atoms with van der Waals surface area (Å²) in [5.41, 5.74) is 0.987. The maximum atomic E-state index is 6.02. The van der Waals surface area contributed by atoms with E-state index in [9.17, 15) is 0 Å². The number of hydrogen-bond acceptors (Lipinski definition) is 3. The molecule has 0 saturated heterocycles. The van der Waals surface area contributed by atoms with Crippen LogP contribution < -0.4 is 14.8 Å². The highest BCUT2D eigenvalue weighted by Gasteiger charge is 2.12. The van der Waals surface area contributed by atoms with Crippen LogP contribution in [-0.2, 0) is 6.54 Å². The molecule has 17 heavy (non-hydrogen) atoms. The van der Waals surface area contributed by atoms with Gasteiger partial charge in [-0.15, -0.1) is 6.58 Å². The maximum Gasteiger partial charge on any atom is 0.165 e. The van der Waals surface area contributed by atoms with Crippen molar-refractivity contribution < 1.29 is 9.47 Å². The summed E-state index contributed by atoms with van der Waals surface area (Å²) in [4.78, 5) is 0. The van der Waals surface area contributed by atoms with Gasteiger partial charge in [-0.3, -0.25) is 0 Å². The van der Waals surface area contributed by atoms with E-state index in [0.717, 1.165) is 17.7 Å². The van der Waals surface area contributed by atoms with Gasteiger partial charge in [0, 0.05) is 23.2 Å². The van der Waals surface area contributed by atoms with Crippen molar-refractivity contribution in [3.05, 3.63) is 35.4 Å². The molecule has 1 rings (SSSR count). The fourth-order valence-corrected chi connectivity index (χ4v) is 1.74. The van der Waals surface area contributed by atoms with E-state index < -0.39 is 0 Å². The van der Waals surface area contributed by atoms with E-state index in [1.54, 1.807) is 13.2 Å². The summed E-state index contributed by atoms with van der Waals surface area (Å²) in [5.74, 6) is 1.40. The summed E-state index contributed by atoms with van der Waals surface area (Å²) in [6.07, 6.45) is 2.62. The van der Waals surface area contributed by atoms with Gasteiger partial charge < -0.3 is 14.8 Å². The lowest BCUT2D eigenvalue weighted by Crippen LogP contribution is -2.09. The normalized spacial score (nSPS) is 10.1. The second kappa shape index (κ2) is 7.20. The first kappa shape index (κ1) is 13.9. The zero-order chi connectivity index (χ0) is 12.7. The van der Waals surface area contributed by atoms with Gasteiger partial charge >= 0.3 is 0 Å². The molecule has 0 fully saturated rings. The molecule has 0 radical (unpaired) electrons. The van der Waals surface area contributed by atoms with Crippen LogP contribution >= 0.6 is 11.6 Å². The van der Waals surface area contributed by atoms with Crippen LogP contribution in [0.3, 0.4) is 0 Å². The quantitative estimate of drug-likeness (QED) is 0.600. The molecule has 0 aliphatic carbocycles. The molecule has 1 N–H and O–H groups in total. The minimum absolute atomic E-state index is 0.582. The van der Waals surface area contributed by atoms with Gasteiger partial charge in [0.05, 0.1) is 13.7 Å². The molecule has 0 aromatic heterocycles. The van der Waals surface area contributed by atoms with Gasteiger partial charge in [0.15, 0.2) is 11.5 Å². The monoisotopic (exact) mass is 255 g/mol. The van der Waals surface area contributed by atoms with E-state index >= 15 is 0 Å². The highest BCUT2D eigenvalue weighted by molar-refractivity contribution is 6.30. The Balaban J connectivity index is 2.98. The number of hydrogen-bond donors (Lipinski definition) is 1. The highest BCUT2D eigenvalue weighted by atomic mass is 35.5. The maximum absolute atomic E-state index is 6.02. The largest absolute Gasteiger partial charge is 0.493 e. The first-order chi connectivity index (χ1) is 8.22. The second-order valence-corrected chi connectivity index (χ2v) is 3.99. The topological polar surface area (TPSA) is 30.5 Å². The predicted octanol–water partition coefficient (Wildman–Crippen LogP) is 3.02. The average molecular weight is 256 g/mol. The van der Waals surface area contributed by atoms with Gasteiger partial charge in [-0.1, -0.05) is 17.7 Å². The Kier molecular flexibility index (Phi) is 5.87. The lowest BCUT2D eigenvalue weighted by molar-refractivity contribution is 0.296. The van der Waals surface area contributed by atoms with Crippen molar-refractivity contribution in [3.8, 4) is 11.5 Å². The molecule has 3 nitrogen and oxygen atoms in total. The minimum Gasteiger partial charge on any atom is -0.493 e. The van der Waals surface area contributed by atoms with E-state index in [-0.39, 0.29) is 0 Å². The van der Waals surface area contributed by atoms with Crippen LogP contribution in [0.25, 0.3) is 0 Å². The van der Waals surface area contributed by atoms with E-state index in [2.05, 4.69) is 11.9 Å². The fraction of sp³-hybridized carbons (Fsp3) is 0.385. The molecule has 0 spiro atoms. The molecule has 94 valence electrons. The summed E-state index contributed by atoms with van der Waals surface area (Å²) in [7, 11) is 3.48. The Morgan fingerprint density at radius 1 is 1.47 bits per heavy atom. The van der Waals surface area contributed by atoms with Gasteiger partial charge in [0.2, 0.25) is 0 Å². The number of ether oxygens (including phenoxy) is 2. The van der Waals surface area contributed by atoms with Crippen molar-refractivity contribution >= 4 is 11.6 Å². The molecule has 0 unspecified atom stereocenters. The average Bonchev–Trinajstić information content (AvgIpc) is 2.31. The summed E-state index contributed by atoms with van der Waals surface area (Å²) < 4.78 is 11.0. The van der Waals surface area contributed by atoms with Crippen LogP contribution in [0.2, 0.25) is 5.02 Å².